The molecule has 5 nitrogen and oxygen atoms in total. The Morgan fingerprint density at radius 3 is 2.15 bits per heavy atom. The Hall–Kier alpha value is -2.37. The van der Waals surface area contributed by atoms with Gasteiger partial charge in [-0.2, -0.15) is 0 Å². The number of halogens is 1. The quantitative estimate of drug-likeness (QED) is 0.843. The summed E-state index contributed by atoms with van der Waals surface area (Å²) < 4.78 is 14.0. The molecule has 5 rings (SSSR count). The third kappa shape index (κ3) is 2.87. The number of aliphatic carboxylic acids is 1. The number of carbonyl (C=O) groups is 2. The van der Waals surface area contributed by atoms with Gasteiger partial charge in [-0.1, -0.05) is 24.3 Å². The van der Waals surface area contributed by atoms with Gasteiger partial charge >= 0.3 is 5.97 Å². The maximum absolute atomic E-state index is 14.0. The number of nitrogens with zero attached hydrogens (tertiary/aromatic N) is 2. The fourth-order valence-electron chi connectivity index (χ4n) is 4.75. The standard InChI is InChI=1S/C20H23FN2O3/c21-15-3-1-2-4-16(15)22-9-11-23(12-10-22)19(24)17-13-5-7-14(8-6-13)18(17)20(25)26/h1-5,7,13-14,17-18H,6,8-12H2,(H,25,26). The average Bonchev–Trinajstić information content (AvgIpc) is 2.68. The molecule has 4 unspecified atom stereocenters. The summed E-state index contributed by atoms with van der Waals surface area (Å²) in [7, 11) is 0. The zero-order chi connectivity index (χ0) is 18.3. The van der Waals surface area contributed by atoms with Crippen molar-refractivity contribution in [2.24, 2.45) is 23.7 Å². The number of amides is 1. The van der Waals surface area contributed by atoms with E-state index in [0.29, 0.717) is 31.9 Å². The van der Waals surface area contributed by atoms with E-state index in [0.717, 1.165) is 12.8 Å². The molecule has 1 N–H and O–H groups in total. The first-order valence-electron chi connectivity index (χ1n) is 9.25. The van der Waals surface area contributed by atoms with Crippen molar-refractivity contribution in [3.63, 3.8) is 0 Å². The first-order chi connectivity index (χ1) is 12.6. The van der Waals surface area contributed by atoms with E-state index in [1.165, 1.54) is 6.07 Å². The van der Waals surface area contributed by atoms with Crippen LogP contribution in [0.2, 0.25) is 0 Å². The topological polar surface area (TPSA) is 60.9 Å². The second kappa shape index (κ2) is 6.74. The predicted octanol–water partition coefficient (Wildman–Crippen LogP) is 2.39. The van der Waals surface area contributed by atoms with Gasteiger partial charge in [0.15, 0.2) is 0 Å². The molecule has 1 aromatic carbocycles. The van der Waals surface area contributed by atoms with Crippen LogP contribution in [0.3, 0.4) is 0 Å². The molecule has 0 spiro atoms. The fourth-order valence-corrected chi connectivity index (χ4v) is 4.75. The van der Waals surface area contributed by atoms with E-state index >= 15 is 0 Å². The van der Waals surface area contributed by atoms with Gasteiger partial charge in [0, 0.05) is 26.2 Å². The van der Waals surface area contributed by atoms with E-state index in [1.54, 1.807) is 23.1 Å². The second-order valence-corrected chi connectivity index (χ2v) is 7.44. The van der Waals surface area contributed by atoms with Crippen molar-refractivity contribution in [3.8, 4) is 0 Å². The van der Waals surface area contributed by atoms with Crippen LogP contribution in [-0.4, -0.2) is 48.1 Å². The number of benzene rings is 1. The lowest BCUT2D eigenvalue weighted by atomic mass is 9.62. The van der Waals surface area contributed by atoms with Crippen molar-refractivity contribution >= 4 is 17.6 Å². The van der Waals surface area contributed by atoms with Crippen LogP contribution in [0.15, 0.2) is 36.4 Å². The molecule has 1 saturated heterocycles. The van der Waals surface area contributed by atoms with Gasteiger partial charge in [-0.15, -0.1) is 0 Å². The third-order valence-corrected chi connectivity index (χ3v) is 6.10. The zero-order valence-corrected chi connectivity index (χ0v) is 14.6. The minimum atomic E-state index is -0.868. The number of hydrogen-bond donors (Lipinski definition) is 1. The molecule has 0 aromatic heterocycles. The third-order valence-electron chi connectivity index (χ3n) is 6.10. The van der Waals surface area contributed by atoms with Crippen molar-refractivity contribution < 1.29 is 19.1 Å². The van der Waals surface area contributed by atoms with Crippen LogP contribution in [0.1, 0.15) is 12.8 Å². The molecular weight excluding hydrogens is 335 g/mol. The molecule has 6 heteroatoms. The molecule has 2 fully saturated rings. The highest BCUT2D eigenvalue weighted by Crippen LogP contribution is 2.45. The van der Waals surface area contributed by atoms with Gasteiger partial charge in [0.25, 0.3) is 0 Å². The lowest BCUT2D eigenvalue weighted by Gasteiger charge is -2.45. The number of para-hydroxylation sites is 1. The Labute approximate surface area is 152 Å². The fraction of sp³-hybridized carbons (Fsp3) is 0.500. The number of hydrogen-bond acceptors (Lipinski definition) is 3. The summed E-state index contributed by atoms with van der Waals surface area (Å²) in [4.78, 5) is 28.6. The summed E-state index contributed by atoms with van der Waals surface area (Å²) in [6.07, 6.45) is 5.75. The summed E-state index contributed by atoms with van der Waals surface area (Å²) in [5.74, 6) is -2.26. The first kappa shape index (κ1) is 17.1. The van der Waals surface area contributed by atoms with E-state index in [2.05, 4.69) is 0 Å². The molecule has 138 valence electrons. The van der Waals surface area contributed by atoms with E-state index in [4.69, 9.17) is 0 Å². The van der Waals surface area contributed by atoms with E-state index in [9.17, 15) is 19.1 Å². The summed E-state index contributed by atoms with van der Waals surface area (Å²) >= 11 is 0. The number of anilines is 1. The molecule has 26 heavy (non-hydrogen) atoms. The SMILES string of the molecule is O=C(O)C1C2C=CC(CC2)C1C(=O)N1CCN(c2ccccc2F)CC1. The molecular formula is C20H23FN2O3. The van der Waals surface area contributed by atoms with Gasteiger partial charge < -0.3 is 14.9 Å². The van der Waals surface area contributed by atoms with Gasteiger partial charge in [0.2, 0.25) is 5.91 Å². The maximum Gasteiger partial charge on any atom is 0.307 e. The smallest absolute Gasteiger partial charge is 0.307 e. The number of allylic oxidation sites excluding steroid dienone is 2. The molecule has 4 atom stereocenters. The van der Waals surface area contributed by atoms with Gasteiger partial charge in [-0.3, -0.25) is 9.59 Å². The lowest BCUT2D eigenvalue weighted by molar-refractivity contribution is -0.156. The molecule has 1 aliphatic heterocycles. The first-order valence-corrected chi connectivity index (χ1v) is 9.25. The predicted molar refractivity (Wildman–Crippen MR) is 95.2 cm³/mol. The molecule has 1 saturated carbocycles. The van der Waals surface area contributed by atoms with Crippen LogP contribution < -0.4 is 4.90 Å². The Balaban J connectivity index is 1.46. The van der Waals surface area contributed by atoms with Gasteiger partial charge in [-0.05, 0) is 36.8 Å². The normalized spacial score (nSPS) is 30.5. The van der Waals surface area contributed by atoms with Crippen LogP contribution in [0.4, 0.5) is 10.1 Å². The van der Waals surface area contributed by atoms with Crippen LogP contribution in [-0.2, 0) is 9.59 Å². The Morgan fingerprint density at radius 1 is 0.962 bits per heavy atom. The Kier molecular flexibility index (Phi) is 4.42. The summed E-state index contributed by atoms with van der Waals surface area (Å²) in [5.41, 5.74) is 0.558. The van der Waals surface area contributed by atoms with Crippen molar-refractivity contribution in [2.75, 3.05) is 31.1 Å². The van der Waals surface area contributed by atoms with Crippen molar-refractivity contribution in [1.29, 1.82) is 0 Å². The summed E-state index contributed by atoms with van der Waals surface area (Å²) in [6, 6.07) is 6.66. The highest BCUT2D eigenvalue weighted by molar-refractivity contribution is 5.86. The average molecular weight is 358 g/mol. The number of carboxylic acid groups (broad SMARTS) is 1. The maximum atomic E-state index is 14.0. The van der Waals surface area contributed by atoms with Gasteiger partial charge in [0.05, 0.1) is 17.5 Å². The van der Waals surface area contributed by atoms with Crippen molar-refractivity contribution in [3.05, 3.63) is 42.2 Å². The summed E-state index contributed by atoms with van der Waals surface area (Å²) in [5, 5.41) is 9.64. The zero-order valence-electron chi connectivity index (χ0n) is 14.6. The van der Waals surface area contributed by atoms with Crippen molar-refractivity contribution in [1.82, 2.24) is 4.90 Å². The van der Waals surface area contributed by atoms with Crippen LogP contribution >= 0.6 is 0 Å². The van der Waals surface area contributed by atoms with E-state index < -0.39 is 17.8 Å². The minimum Gasteiger partial charge on any atom is -0.481 e. The molecule has 0 radical (unpaired) electrons. The minimum absolute atomic E-state index is 0.0261. The Morgan fingerprint density at radius 2 is 1.58 bits per heavy atom. The van der Waals surface area contributed by atoms with E-state index in [1.807, 2.05) is 17.1 Å². The second-order valence-electron chi connectivity index (χ2n) is 7.44. The van der Waals surface area contributed by atoms with E-state index in [-0.39, 0.29) is 23.6 Å². The molecule has 3 aliphatic carbocycles. The highest BCUT2D eigenvalue weighted by Gasteiger charge is 2.49. The number of carboxylic acids is 1. The van der Waals surface area contributed by atoms with Crippen molar-refractivity contribution in [2.45, 2.75) is 12.8 Å². The Bertz CT molecular complexity index is 742. The molecule has 2 bridgehead atoms. The largest absolute Gasteiger partial charge is 0.481 e. The van der Waals surface area contributed by atoms with Crippen LogP contribution in [0.5, 0.6) is 0 Å². The molecule has 1 heterocycles. The van der Waals surface area contributed by atoms with Crippen LogP contribution in [0, 0.1) is 29.5 Å². The molecule has 1 amide bonds. The number of rotatable bonds is 3. The van der Waals surface area contributed by atoms with Crippen LogP contribution in [0.25, 0.3) is 0 Å². The highest BCUT2D eigenvalue weighted by atomic mass is 19.1. The van der Waals surface area contributed by atoms with Gasteiger partial charge in [0.1, 0.15) is 5.82 Å². The number of piperazine rings is 1. The number of fused-ring (bicyclic) bond motifs is 2. The van der Waals surface area contributed by atoms with Gasteiger partial charge in [-0.25, -0.2) is 4.39 Å². The molecule has 1 aromatic rings. The number of carbonyl (C=O) groups excluding carboxylic acids is 1. The summed E-state index contributed by atoms with van der Waals surface area (Å²) in [6.45, 7) is 2.11. The monoisotopic (exact) mass is 358 g/mol. The lowest BCUT2D eigenvalue weighted by Crippen LogP contribution is -2.55. The molecule has 4 aliphatic rings.